The summed E-state index contributed by atoms with van der Waals surface area (Å²) in [4.78, 5) is 36.1. The Labute approximate surface area is 157 Å². The minimum absolute atomic E-state index is 0.512. The molecule has 0 aromatic heterocycles. The van der Waals surface area contributed by atoms with Crippen LogP contribution in [0.4, 0.5) is 4.79 Å². The summed E-state index contributed by atoms with van der Waals surface area (Å²) in [5.74, 6) is -4.24. The van der Waals surface area contributed by atoms with Crippen LogP contribution in [0.3, 0.4) is 0 Å². The molecule has 1 unspecified atom stereocenters. The topological polar surface area (TPSA) is 138 Å². The minimum atomic E-state index is -4.16. The number of carbonyl (C=O) groups excluding carboxylic acids is 1. The van der Waals surface area contributed by atoms with Gasteiger partial charge in [0.15, 0.2) is 9.84 Å². The fourth-order valence-corrected chi connectivity index (χ4v) is 4.96. The number of nitrogens with zero attached hydrogens (tertiary/aromatic N) is 1. The largest absolute Gasteiger partial charge is 0.481 e. The number of sulfone groups is 1. The molecule has 0 saturated carbocycles. The van der Waals surface area contributed by atoms with E-state index in [4.69, 9.17) is 21.4 Å². The molecule has 150 valence electrons. The Bertz CT molecular complexity index is 691. The van der Waals surface area contributed by atoms with Crippen LogP contribution in [-0.4, -0.2) is 69.2 Å². The van der Waals surface area contributed by atoms with Crippen LogP contribution in [0.15, 0.2) is 0 Å². The number of hydrogen-bond acceptors (Lipinski definition) is 6. The molecule has 0 aromatic rings. The maximum atomic E-state index is 12.8. The second-order valence-electron chi connectivity index (χ2n) is 7.62. The zero-order valence-electron chi connectivity index (χ0n) is 15.2. The standard InChI is InChI=1S/C15H24ClNO8S/c1-14(2,3)25-13(22)17-7-9(26(23,24)15(4,5)16)8(6-10(18)19)11(17)12(20)21/h8-9,11H,6-7H2,1-5H3,(H,18,19)(H,20,21)/t8-,9?,11-/m0/s1. The number of amides is 1. The third kappa shape index (κ3) is 4.79. The number of rotatable bonds is 5. The Morgan fingerprint density at radius 2 is 1.65 bits per heavy atom. The quantitative estimate of drug-likeness (QED) is 0.647. The van der Waals surface area contributed by atoms with Crippen LogP contribution >= 0.6 is 11.6 Å². The van der Waals surface area contributed by atoms with Gasteiger partial charge in [-0.25, -0.2) is 18.0 Å². The Balaban J connectivity index is 3.41. The van der Waals surface area contributed by atoms with Crippen molar-refractivity contribution >= 4 is 39.5 Å². The van der Waals surface area contributed by atoms with Crippen molar-refractivity contribution in [2.24, 2.45) is 5.92 Å². The van der Waals surface area contributed by atoms with Gasteiger partial charge >= 0.3 is 18.0 Å². The van der Waals surface area contributed by atoms with E-state index in [1.807, 2.05) is 0 Å². The number of alkyl halides is 1. The summed E-state index contributed by atoms with van der Waals surface area (Å²) in [5.41, 5.74) is -0.939. The molecule has 26 heavy (non-hydrogen) atoms. The van der Waals surface area contributed by atoms with Gasteiger partial charge in [-0.3, -0.25) is 9.69 Å². The van der Waals surface area contributed by atoms with E-state index in [9.17, 15) is 27.9 Å². The van der Waals surface area contributed by atoms with Gasteiger partial charge in [-0.1, -0.05) is 0 Å². The fraction of sp³-hybridized carbons (Fsp3) is 0.800. The zero-order valence-corrected chi connectivity index (χ0v) is 16.8. The number of halogens is 1. The lowest BCUT2D eigenvalue weighted by molar-refractivity contribution is -0.144. The summed E-state index contributed by atoms with van der Waals surface area (Å²) in [7, 11) is -4.16. The molecule has 1 amide bonds. The average Bonchev–Trinajstić information content (AvgIpc) is 2.74. The van der Waals surface area contributed by atoms with Crippen LogP contribution in [0.5, 0.6) is 0 Å². The van der Waals surface area contributed by atoms with Crippen molar-refractivity contribution in [3.63, 3.8) is 0 Å². The van der Waals surface area contributed by atoms with Crippen LogP contribution in [-0.2, 0) is 24.2 Å². The summed E-state index contributed by atoms with van der Waals surface area (Å²) in [6.07, 6.45) is -1.77. The first-order valence-corrected chi connectivity index (χ1v) is 9.78. The van der Waals surface area contributed by atoms with E-state index in [1.54, 1.807) is 20.8 Å². The number of carboxylic acids is 2. The highest BCUT2D eigenvalue weighted by atomic mass is 35.5. The Hall–Kier alpha value is -1.55. The van der Waals surface area contributed by atoms with Crippen molar-refractivity contribution in [2.75, 3.05) is 6.54 Å². The highest BCUT2D eigenvalue weighted by molar-refractivity contribution is 7.94. The van der Waals surface area contributed by atoms with E-state index in [1.165, 1.54) is 13.8 Å². The monoisotopic (exact) mass is 413 g/mol. The van der Waals surface area contributed by atoms with Gasteiger partial charge in [0.1, 0.15) is 15.8 Å². The maximum absolute atomic E-state index is 12.8. The summed E-state index contributed by atoms with van der Waals surface area (Å²) in [5, 5.41) is 17.2. The average molecular weight is 414 g/mol. The first-order chi connectivity index (χ1) is 11.5. The summed E-state index contributed by atoms with van der Waals surface area (Å²) in [6, 6.07) is -1.65. The van der Waals surface area contributed by atoms with Crippen molar-refractivity contribution in [1.29, 1.82) is 0 Å². The van der Waals surface area contributed by atoms with Crippen molar-refractivity contribution < 1.29 is 37.8 Å². The van der Waals surface area contributed by atoms with E-state index in [0.717, 1.165) is 4.90 Å². The van der Waals surface area contributed by atoms with E-state index in [2.05, 4.69) is 0 Å². The molecule has 1 saturated heterocycles. The highest BCUT2D eigenvalue weighted by Crippen LogP contribution is 2.39. The Morgan fingerprint density at radius 3 is 2.00 bits per heavy atom. The second kappa shape index (κ2) is 7.22. The Morgan fingerprint density at radius 1 is 1.15 bits per heavy atom. The zero-order chi connectivity index (χ0) is 20.7. The maximum Gasteiger partial charge on any atom is 0.411 e. The highest BCUT2D eigenvalue weighted by Gasteiger charge is 2.57. The first kappa shape index (κ1) is 22.5. The predicted molar refractivity (Wildman–Crippen MR) is 92.7 cm³/mol. The molecule has 1 fully saturated rings. The molecular weight excluding hydrogens is 390 g/mol. The number of hydrogen-bond donors (Lipinski definition) is 2. The molecule has 0 spiro atoms. The molecule has 1 aliphatic heterocycles. The van der Waals surface area contributed by atoms with Gasteiger partial charge in [0.2, 0.25) is 0 Å². The van der Waals surface area contributed by atoms with Crippen molar-refractivity contribution in [3.8, 4) is 0 Å². The molecule has 3 atom stereocenters. The molecule has 1 heterocycles. The third-order valence-electron chi connectivity index (χ3n) is 3.96. The molecule has 9 nitrogen and oxygen atoms in total. The number of carbonyl (C=O) groups is 3. The van der Waals surface area contributed by atoms with Crippen LogP contribution < -0.4 is 0 Å². The molecule has 0 radical (unpaired) electrons. The molecule has 11 heteroatoms. The summed E-state index contributed by atoms with van der Waals surface area (Å²) in [6.45, 7) is 6.63. The van der Waals surface area contributed by atoms with Crippen molar-refractivity contribution in [2.45, 2.75) is 62.1 Å². The van der Waals surface area contributed by atoms with Crippen LogP contribution in [0, 0.1) is 5.92 Å². The van der Waals surface area contributed by atoms with Crippen LogP contribution in [0.25, 0.3) is 0 Å². The van der Waals surface area contributed by atoms with Crippen LogP contribution in [0.1, 0.15) is 41.0 Å². The lowest BCUT2D eigenvalue weighted by atomic mass is 9.96. The minimum Gasteiger partial charge on any atom is -0.481 e. The van der Waals surface area contributed by atoms with E-state index >= 15 is 0 Å². The van der Waals surface area contributed by atoms with Gasteiger partial charge in [0.05, 0.1) is 11.7 Å². The lowest BCUT2D eigenvalue weighted by Crippen LogP contribution is -2.46. The third-order valence-corrected chi connectivity index (χ3v) is 7.26. The van der Waals surface area contributed by atoms with Crippen LogP contribution in [0.2, 0.25) is 0 Å². The molecular formula is C15H24ClNO8S. The van der Waals surface area contributed by atoms with Gasteiger partial charge in [-0.2, -0.15) is 0 Å². The normalized spacial score (nSPS) is 24.4. The number of ether oxygens (including phenoxy) is 1. The van der Waals surface area contributed by atoms with E-state index < -0.39 is 67.9 Å². The number of likely N-dealkylation sites (tertiary alicyclic amines) is 1. The van der Waals surface area contributed by atoms with Gasteiger partial charge in [-0.05, 0) is 34.6 Å². The fourth-order valence-electron chi connectivity index (χ4n) is 2.84. The Kier molecular flexibility index (Phi) is 6.25. The summed E-state index contributed by atoms with van der Waals surface area (Å²) >= 11 is 5.95. The second-order valence-corrected chi connectivity index (χ2v) is 11.5. The predicted octanol–water partition coefficient (Wildman–Crippen LogP) is 1.54. The van der Waals surface area contributed by atoms with Crippen molar-refractivity contribution in [3.05, 3.63) is 0 Å². The number of aliphatic carboxylic acids is 2. The molecule has 2 N–H and O–H groups in total. The van der Waals surface area contributed by atoms with E-state index in [0.29, 0.717) is 0 Å². The molecule has 0 aliphatic carbocycles. The smallest absolute Gasteiger partial charge is 0.411 e. The molecule has 0 aromatic carbocycles. The van der Waals surface area contributed by atoms with Gasteiger partial charge < -0.3 is 14.9 Å². The first-order valence-electron chi connectivity index (χ1n) is 7.85. The van der Waals surface area contributed by atoms with Gasteiger partial charge in [0.25, 0.3) is 0 Å². The molecule has 0 bridgehead atoms. The lowest BCUT2D eigenvalue weighted by Gasteiger charge is -2.27. The SMILES string of the molecule is CC(C)(C)OC(=O)N1CC(S(=O)(=O)C(C)(C)Cl)[C@H](CC(=O)O)[C@H]1C(=O)O. The molecule has 1 rings (SSSR count). The summed E-state index contributed by atoms with van der Waals surface area (Å²) < 4.78 is 28.9. The van der Waals surface area contributed by atoms with Gasteiger partial charge in [-0.15, -0.1) is 11.6 Å². The molecule has 1 aliphatic rings. The van der Waals surface area contributed by atoms with Gasteiger partial charge in [0, 0.05) is 12.5 Å². The number of carboxylic acid groups (broad SMARTS) is 2. The van der Waals surface area contributed by atoms with Crippen molar-refractivity contribution in [1.82, 2.24) is 4.90 Å². The van der Waals surface area contributed by atoms with E-state index in [-0.39, 0.29) is 0 Å².